The van der Waals surface area contributed by atoms with Crippen LogP contribution >= 0.6 is 24.4 Å². The number of benzene rings is 1. The lowest BCUT2D eigenvalue weighted by atomic mass is 10.1. The van der Waals surface area contributed by atoms with Crippen LogP contribution in [0.5, 0.6) is 5.75 Å². The number of thioether (sulfide) groups is 1. The number of ether oxygens (including phenoxy) is 1. The molecule has 84 valence electrons. The highest BCUT2D eigenvalue weighted by molar-refractivity contribution is 7.98. The Morgan fingerprint density at radius 3 is 2.47 bits per heavy atom. The van der Waals surface area contributed by atoms with Gasteiger partial charge in [0.1, 0.15) is 5.75 Å². The second-order valence-corrected chi connectivity index (χ2v) is 4.69. The van der Waals surface area contributed by atoms with Crippen molar-refractivity contribution in [3.8, 4) is 5.75 Å². The van der Waals surface area contributed by atoms with Gasteiger partial charge in [0, 0.05) is 10.8 Å². The zero-order valence-electron chi connectivity index (χ0n) is 9.27. The molecule has 1 atom stereocenters. The van der Waals surface area contributed by atoms with Gasteiger partial charge in [-0.15, -0.1) is 11.8 Å². The average Bonchev–Trinajstić information content (AvgIpc) is 2.31. The summed E-state index contributed by atoms with van der Waals surface area (Å²) in [6.07, 6.45) is 3.19. The lowest BCUT2D eigenvalue weighted by molar-refractivity contribution is 0.259. The van der Waals surface area contributed by atoms with E-state index in [9.17, 15) is 0 Å². The third-order valence-electron chi connectivity index (χ3n) is 2.38. The molecule has 0 aliphatic heterocycles. The number of hydrogen-bond acceptors (Lipinski definition) is 3. The average molecular weight is 242 g/mol. The molecule has 0 N–H and O–H groups in total. The first-order valence-electron chi connectivity index (χ1n) is 5.17. The normalized spacial score (nSPS) is 12.5. The molecule has 0 radical (unpaired) electrons. The third kappa shape index (κ3) is 4.39. The van der Waals surface area contributed by atoms with Crippen LogP contribution in [0.2, 0.25) is 0 Å². The minimum atomic E-state index is 0.550. The van der Waals surface area contributed by atoms with Gasteiger partial charge >= 0.3 is 0 Å². The van der Waals surface area contributed by atoms with Crippen molar-refractivity contribution in [2.45, 2.75) is 18.2 Å². The molecule has 1 nitrogen and oxygen atoms in total. The summed E-state index contributed by atoms with van der Waals surface area (Å²) in [7, 11) is 0. The predicted octanol–water partition coefficient (Wildman–Crippen LogP) is 3.74. The van der Waals surface area contributed by atoms with Gasteiger partial charge in [0.05, 0.1) is 6.61 Å². The third-order valence-corrected chi connectivity index (χ3v) is 3.64. The van der Waals surface area contributed by atoms with E-state index in [0.717, 1.165) is 24.5 Å². The Hall–Kier alpha value is -0.280. The van der Waals surface area contributed by atoms with Crippen LogP contribution in [0.3, 0.4) is 0 Å². The van der Waals surface area contributed by atoms with Crippen LogP contribution in [0.25, 0.3) is 0 Å². The topological polar surface area (TPSA) is 9.23 Å². The molecule has 1 aromatic carbocycles. The summed E-state index contributed by atoms with van der Waals surface area (Å²) in [5.74, 6) is 2.39. The van der Waals surface area contributed by atoms with Crippen molar-refractivity contribution in [3.63, 3.8) is 0 Å². The Kier molecular flexibility index (Phi) is 6.03. The van der Waals surface area contributed by atoms with Crippen LogP contribution < -0.4 is 4.74 Å². The maximum absolute atomic E-state index is 5.69. The number of thiol groups is 1. The van der Waals surface area contributed by atoms with Gasteiger partial charge in [-0.05, 0) is 42.7 Å². The Morgan fingerprint density at radius 1 is 1.33 bits per heavy atom. The van der Waals surface area contributed by atoms with Crippen LogP contribution in [-0.4, -0.2) is 18.6 Å². The first kappa shape index (κ1) is 12.8. The van der Waals surface area contributed by atoms with Crippen LogP contribution in [0, 0.1) is 5.92 Å². The van der Waals surface area contributed by atoms with E-state index < -0.39 is 0 Å². The molecule has 15 heavy (non-hydrogen) atoms. The van der Waals surface area contributed by atoms with Crippen LogP contribution in [0.1, 0.15) is 13.3 Å². The Labute approximate surface area is 102 Å². The number of hydrogen-bond donors (Lipinski definition) is 1. The zero-order chi connectivity index (χ0) is 11.1. The summed E-state index contributed by atoms with van der Waals surface area (Å²) in [4.78, 5) is 1.27. The van der Waals surface area contributed by atoms with Crippen LogP contribution in [-0.2, 0) is 0 Å². The molecule has 1 unspecified atom stereocenters. The van der Waals surface area contributed by atoms with E-state index in [1.807, 2.05) is 12.1 Å². The summed E-state index contributed by atoms with van der Waals surface area (Å²) in [6, 6.07) is 8.22. The molecular formula is C12H18OS2. The minimum Gasteiger partial charge on any atom is -0.493 e. The van der Waals surface area contributed by atoms with Crippen molar-refractivity contribution < 1.29 is 4.74 Å². The van der Waals surface area contributed by atoms with E-state index in [4.69, 9.17) is 4.74 Å². The largest absolute Gasteiger partial charge is 0.493 e. The van der Waals surface area contributed by atoms with Gasteiger partial charge < -0.3 is 4.74 Å². The molecule has 0 bridgehead atoms. The Bertz CT molecular complexity index is 267. The molecule has 3 heteroatoms. The molecule has 0 heterocycles. The summed E-state index contributed by atoms with van der Waals surface area (Å²) in [5, 5.41) is 0. The highest BCUT2D eigenvalue weighted by atomic mass is 32.2. The zero-order valence-corrected chi connectivity index (χ0v) is 11.0. The van der Waals surface area contributed by atoms with Crippen molar-refractivity contribution in [2.24, 2.45) is 5.92 Å². The van der Waals surface area contributed by atoms with Gasteiger partial charge in [-0.25, -0.2) is 0 Å². The van der Waals surface area contributed by atoms with E-state index in [0.29, 0.717) is 5.92 Å². The first-order valence-corrected chi connectivity index (χ1v) is 7.03. The first-order chi connectivity index (χ1) is 7.30. The highest BCUT2D eigenvalue weighted by Crippen LogP contribution is 2.19. The molecule has 0 saturated carbocycles. The van der Waals surface area contributed by atoms with Crippen LogP contribution in [0.4, 0.5) is 0 Å². The molecule has 0 aliphatic carbocycles. The van der Waals surface area contributed by atoms with Crippen LogP contribution in [0.15, 0.2) is 29.2 Å². The van der Waals surface area contributed by atoms with E-state index in [1.165, 1.54) is 4.90 Å². The lowest BCUT2D eigenvalue weighted by Crippen LogP contribution is -2.12. The fourth-order valence-corrected chi connectivity index (χ4v) is 1.96. The Morgan fingerprint density at radius 2 is 2.00 bits per heavy atom. The molecule has 0 spiro atoms. The van der Waals surface area contributed by atoms with Gasteiger partial charge in [0.25, 0.3) is 0 Å². The van der Waals surface area contributed by atoms with Gasteiger partial charge in [0.2, 0.25) is 0 Å². The van der Waals surface area contributed by atoms with Gasteiger partial charge in [-0.3, -0.25) is 0 Å². The lowest BCUT2D eigenvalue weighted by Gasteiger charge is -2.13. The van der Waals surface area contributed by atoms with Crippen molar-refractivity contribution >= 4 is 24.4 Å². The van der Waals surface area contributed by atoms with E-state index >= 15 is 0 Å². The SMILES string of the molecule is CCC(CS)COc1ccc(SC)cc1. The standard InChI is InChI=1S/C12H18OS2/c1-3-10(9-14)8-13-11-4-6-12(15-2)7-5-11/h4-7,10,14H,3,8-9H2,1-2H3. The van der Waals surface area contributed by atoms with Gasteiger partial charge in [-0.2, -0.15) is 12.6 Å². The highest BCUT2D eigenvalue weighted by Gasteiger charge is 2.04. The summed E-state index contributed by atoms with van der Waals surface area (Å²) < 4.78 is 5.69. The quantitative estimate of drug-likeness (QED) is 0.601. The van der Waals surface area contributed by atoms with E-state index in [-0.39, 0.29) is 0 Å². The molecule has 0 amide bonds. The molecular weight excluding hydrogens is 224 g/mol. The fourth-order valence-electron chi connectivity index (χ4n) is 1.19. The van der Waals surface area contributed by atoms with Gasteiger partial charge in [-0.1, -0.05) is 6.92 Å². The molecule has 0 fully saturated rings. The maximum atomic E-state index is 5.69. The van der Waals surface area contributed by atoms with E-state index in [1.54, 1.807) is 11.8 Å². The fraction of sp³-hybridized carbons (Fsp3) is 0.500. The maximum Gasteiger partial charge on any atom is 0.119 e. The molecule has 0 saturated heterocycles. The molecule has 1 aromatic rings. The van der Waals surface area contributed by atoms with Gasteiger partial charge in [0.15, 0.2) is 0 Å². The van der Waals surface area contributed by atoms with Crippen molar-refractivity contribution in [3.05, 3.63) is 24.3 Å². The van der Waals surface area contributed by atoms with Crippen molar-refractivity contribution in [2.75, 3.05) is 18.6 Å². The molecule has 0 aromatic heterocycles. The monoisotopic (exact) mass is 242 g/mol. The smallest absolute Gasteiger partial charge is 0.119 e. The van der Waals surface area contributed by atoms with E-state index in [2.05, 4.69) is 37.9 Å². The summed E-state index contributed by atoms with van der Waals surface area (Å²) >= 11 is 6.03. The predicted molar refractivity (Wildman–Crippen MR) is 71.4 cm³/mol. The molecule has 1 rings (SSSR count). The molecule has 0 aliphatic rings. The number of rotatable bonds is 6. The second-order valence-electron chi connectivity index (χ2n) is 3.44. The van der Waals surface area contributed by atoms with Crippen molar-refractivity contribution in [1.29, 1.82) is 0 Å². The minimum absolute atomic E-state index is 0.550. The second kappa shape index (κ2) is 7.07. The van der Waals surface area contributed by atoms with Crippen molar-refractivity contribution in [1.82, 2.24) is 0 Å². The Balaban J connectivity index is 2.43. The summed E-state index contributed by atoms with van der Waals surface area (Å²) in [6.45, 7) is 2.93. The summed E-state index contributed by atoms with van der Waals surface area (Å²) in [5.41, 5.74) is 0.